The van der Waals surface area contributed by atoms with Gasteiger partial charge in [-0.15, -0.1) is 0 Å². The fourth-order valence-corrected chi connectivity index (χ4v) is 4.98. The van der Waals surface area contributed by atoms with E-state index in [9.17, 15) is 14.4 Å². The Hall–Kier alpha value is -3.39. The van der Waals surface area contributed by atoms with Gasteiger partial charge in [0.05, 0.1) is 23.8 Å². The van der Waals surface area contributed by atoms with Crippen LogP contribution in [0, 0.1) is 5.41 Å². The third kappa shape index (κ3) is 5.23. The van der Waals surface area contributed by atoms with Gasteiger partial charge in [0.2, 0.25) is 17.7 Å². The molecule has 0 saturated carbocycles. The van der Waals surface area contributed by atoms with Crippen LogP contribution in [0.4, 0.5) is 11.4 Å². The summed E-state index contributed by atoms with van der Waals surface area (Å²) in [4.78, 5) is 38.0. The average molecular weight is 493 g/mol. The van der Waals surface area contributed by atoms with Crippen molar-refractivity contribution in [2.75, 3.05) is 23.8 Å². The molecule has 2 aromatic carbocycles. The predicted octanol–water partition coefficient (Wildman–Crippen LogP) is 3.74. The van der Waals surface area contributed by atoms with E-state index in [0.29, 0.717) is 36.6 Å². The lowest BCUT2D eigenvalue weighted by molar-refractivity contribution is -0.120. The lowest BCUT2D eigenvalue weighted by atomic mass is 9.78. The number of benzene rings is 2. The molecule has 1 spiro atoms. The van der Waals surface area contributed by atoms with Crippen molar-refractivity contribution < 1.29 is 19.1 Å². The molecule has 4 rings (SSSR count). The molecule has 0 aliphatic carbocycles. The second kappa shape index (κ2) is 9.93. The first-order chi connectivity index (χ1) is 17.0. The van der Waals surface area contributed by atoms with Gasteiger partial charge in [-0.1, -0.05) is 46.2 Å². The van der Waals surface area contributed by atoms with Crippen LogP contribution in [0.15, 0.2) is 36.4 Å². The van der Waals surface area contributed by atoms with Crippen LogP contribution in [0.25, 0.3) is 0 Å². The van der Waals surface area contributed by atoms with E-state index in [1.807, 2.05) is 6.07 Å². The van der Waals surface area contributed by atoms with Gasteiger partial charge >= 0.3 is 0 Å². The van der Waals surface area contributed by atoms with E-state index < -0.39 is 17.4 Å². The number of nitrogens with one attached hydrogen (secondary N) is 3. The summed E-state index contributed by atoms with van der Waals surface area (Å²) in [5.41, 5.74) is 8.46. The number of ether oxygens (including phenoxy) is 1. The Kier molecular flexibility index (Phi) is 7.09. The van der Waals surface area contributed by atoms with Crippen LogP contribution in [-0.2, 0) is 21.4 Å². The first-order valence-electron chi connectivity index (χ1n) is 12.6. The maximum absolute atomic E-state index is 13.3. The first-order valence-corrected chi connectivity index (χ1v) is 12.6. The number of carbonyl (C=O) groups is 3. The number of rotatable bonds is 8. The van der Waals surface area contributed by atoms with E-state index in [4.69, 9.17) is 10.5 Å². The molecule has 8 heteroatoms. The number of primary amides is 1. The molecule has 0 radical (unpaired) electrons. The van der Waals surface area contributed by atoms with Crippen molar-refractivity contribution in [3.63, 3.8) is 0 Å². The summed E-state index contributed by atoms with van der Waals surface area (Å²) in [6.07, 6.45) is 3.03. The van der Waals surface area contributed by atoms with Gasteiger partial charge in [-0.25, -0.2) is 0 Å². The standard InChI is InChI=1S/C28H36N4O4/c1-5-6-11-36-23-13-18(24(29)33)8-10-21(23)31-25(34)22-15-28(16-30-22)19-12-17(14-27(2,3)4)7-9-20(19)32-26(28)35/h7-10,12-13,22,30H,5-6,11,14-16H2,1-4H3,(H2,29,33)(H,31,34)(H,32,35). The van der Waals surface area contributed by atoms with E-state index >= 15 is 0 Å². The maximum atomic E-state index is 13.3. The zero-order valence-corrected chi connectivity index (χ0v) is 21.5. The predicted molar refractivity (Wildman–Crippen MR) is 140 cm³/mol. The molecule has 2 aromatic rings. The number of fused-ring (bicyclic) bond motifs is 2. The van der Waals surface area contributed by atoms with E-state index in [0.717, 1.165) is 30.5 Å². The molecule has 5 N–H and O–H groups in total. The lowest BCUT2D eigenvalue weighted by Gasteiger charge is -2.23. The lowest BCUT2D eigenvalue weighted by Crippen LogP contribution is -2.36. The van der Waals surface area contributed by atoms with Crippen molar-refractivity contribution in [3.05, 3.63) is 53.1 Å². The molecular weight excluding hydrogens is 456 g/mol. The Morgan fingerprint density at radius 2 is 1.97 bits per heavy atom. The van der Waals surface area contributed by atoms with Gasteiger partial charge in [-0.3, -0.25) is 14.4 Å². The Morgan fingerprint density at radius 3 is 2.67 bits per heavy atom. The SMILES string of the molecule is CCCCOc1cc(C(N)=O)ccc1NC(=O)C1CC2(CN1)C(=O)Nc1ccc(CC(C)(C)C)cc12. The van der Waals surface area contributed by atoms with Crippen molar-refractivity contribution in [2.45, 2.75) is 64.8 Å². The van der Waals surface area contributed by atoms with Gasteiger partial charge < -0.3 is 26.4 Å². The summed E-state index contributed by atoms with van der Waals surface area (Å²) in [5.74, 6) is -0.505. The Bertz CT molecular complexity index is 1190. The Balaban J connectivity index is 1.53. The summed E-state index contributed by atoms with van der Waals surface area (Å²) >= 11 is 0. The minimum atomic E-state index is -0.790. The molecular formula is C28H36N4O4. The van der Waals surface area contributed by atoms with Crippen molar-refractivity contribution in [1.29, 1.82) is 0 Å². The van der Waals surface area contributed by atoms with E-state index in [1.165, 1.54) is 5.56 Å². The van der Waals surface area contributed by atoms with Gasteiger partial charge in [0.1, 0.15) is 5.75 Å². The van der Waals surface area contributed by atoms with E-state index in [2.05, 4.69) is 55.8 Å². The van der Waals surface area contributed by atoms with Crippen LogP contribution in [0.5, 0.6) is 5.75 Å². The summed E-state index contributed by atoms with van der Waals surface area (Å²) < 4.78 is 5.83. The molecule has 1 fully saturated rings. The smallest absolute Gasteiger partial charge is 0.248 e. The number of anilines is 2. The minimum Gasteiger partial charge on any atom is -0.491 e. The summed E-state index contributed by atoms with van der Waals surface area (Å²) in [7, 11) is 0. The van der Waals surface area contributed by atoms with E-state index in [1.54, 1.807) is 18.2 Å². The molecule has 1 saturated heterocycles. The average Bonchev–Trinajstić information content (AvgIpc) is 3.37. The second-order valence-corrected chi connectivity index (χ2v) is 11.1. The van der Waals surface area contributed by atoms with Gasteiger partial charge in [0, 0.05) is 17.8 Å². The van der Waals surface area contributed by atoms with Crippen LogP contribution in [0.2, 0.25) is 0 Å². The van der Waals surface area contributed by atoms with Gasteiger partial charge in [-0.2, -0.15) is 0 Å². The maximum Gasteiger partial charge on any atom is 0.248 e. The molecule has 3 amide bonds. The highest BCUT2D eigenvalue weighted by molar-refractivity contribution is 6.08. The Labute approximate surface area is 212 Å². The number of carbonyl (C=O) groups excluding carboxylic acids is 3. The van der Waals surface area contributed by atoms with Gasteiger partial charge in [-0.05, 0) is 60.1 Å². The molecule has 0 aromatic heterocycles. The molecule has 2 aliphatic heterocycles. The number of hydrogen-bond acceptors (Lipinski definition) is 5. The third-order valence-electron chi connectivity index (χ3n) is 6.82. The van der Waals surface area contributed by atoms with Crippen LogP contribution >= 0.6 is 0 Å². The van der Waals surface area contributed by atoms with Crippen LogP contribution in [-0.4, -0.2) is 36.9 Å². The second-order valence-electron chi connectivity index (χ2n) is 11.1. The molecule has 36 heavy (non-hydrogen) atoms. The molecule has 2 aliphatic rings. The molecule has 2 atom stereocenters. The van der Waals surface area contributed by atoms with Crippen molar-refractivity contribution in [2.24, 2.45) is 11.1 Å². The number of unbranched alkanes of at least 4 members (excludes halogenated alkanes) is 1. The van der Waals surface area contributed by atoms with Crippen molar-refractivity contribution in [3.8, 4) is 5.75 Å². The normalized spacial score (nSPS) is 20.8. The summed E-state index contributed by atoms with van der Waals surface area (Å²) in [5, 5.41) is 9.19. The van der Waals surface area contributed by atoms with Crippen molar-refractivity contribution >= 4 is 29.1 Å². The number of nitrogens with two attached hydrogens (primary N) is 1. The molecule has 8 nitrogen and oxygen atoms in total. The fraction of sp³-hybridized carbons (Fsp3) is 0.464. The van der Waals surface area contributed by atoms with Gasteiger partial charge in [0.25, 0.3) is 0 Å². The third-order valence-corrected chi connectivity index (χ3v) is 6.82. The largest absolute Gasteiger partial charge is 0.491 e. The van der Waals surface area contributed by atoms with Crippen molar-refractivity contribution in [1.82, 2.24) is 5.32 Å². The first kappa shape index (κ1) is 25.7. The monoisotopic (exact) mass is 492 g/mol. The topological polar surface area (TPSA) is 123 Å². The minimum absolute atomic E-state index is 0.0809. The molecule has 2 unspecified atom stereocenters. The zero-order chi connectivity index (χ0) is 26.1. The highest BCUT2D eigenvalue weighted by atomic mass is 16.5. The number of amides is 3. The molecule has 0 bridgehead atoms. The summed E-state index contributed by atoms with van der Waals surface area (Å²) in [6, 6.07) is 10.3. The Morgan fingerprint density at radius 1 is 1.19 bits per heavy atom. The quantitative estimate of drug-likeness (QED) is 0.418. The van der Waals surface area contributed by atoms with Crippen LogP contribution in [0.3, 0.4) is 0 Å². The summed E-state index contributed by atoms with van der Waals surface area (Å²) in [6.45, 7) is 9.45. The van der Waals surface area contributed by atoms with E-state index in [-0.39, 0.29) is 17.2 Å². The van der Waals surface area contributed by atoms with Gasteiger partial charge in [0.15, 0.2) is 0 Å². The zero-order valence-electron chi connectivity index (χ0n) is 21.5. The fourth-order valence-electron chi connectivity index (χ4n) is 4.98. The molecule has 2 heterocycles. The number of hydrogen-bond donors (Lipinski definition) is 4. The van der Waals surface area contributed by atoms with Crippen LogP contribution < -0.4 is 26.4 Å². The molecule has 192 valence electrons. The van der Waals surface area contributed by atoms with Crippen LogP contribution in [0.1, 0.15) is 68.4 Å². The highest BCUT2D eigenvalue weighted by Gasteiger charge is 2.53. The highest BCUT2D eigenvalue weighted by Crippen LogP contribution is 2.44.